The number of furan rings is 1. The quantitative estimate of drug-likeness (QED) is 0.226. The molecule has 0 aliphatic carbocycles. The van der Waals surface area contributed by atoms with Crippen LogP contribution in [0.5, 0.6) is 0 Å². The lowest BCUT2D eigenvalue weighted by Crippen LogP contribution is -2.38. The van der Waals surface area contributed by atoms with Gasteiger partial charge >= 0.3 is 0 Å². The molecule has 0 fully saturated rings. The van der Waals surface area contributed by atoms with E-state index in [1.807, 2.05) is 24.3 Å². The third-order valence-corrected chi connectivity index (χ3v) is 5.27. The smallest absolute Gasteiger partial charge is 0.251 e. The summed E-state index contributed by atoms with van der Waals surface area (Å²) in [6.45, 7) is 3.93. The summed E-state index contributed by atoms with van der Waals surface area (Å²) in [4.78, 5) is 16.6. The third kappa shape index (κ3) is 7.17. The molecule has 0 radical (unpaired) electrons. The van der Waals surface area contributed by atoms with E-state index in [9.17, 15) is 4.79 Å². The maximum absolute atomic E-state index is 12.4. The molecule has 1 amide bonds. The molecular weight excluding hydrogens is 511 g/mol. The van der Waals surface area contributed by atoms with Crippen LogP contribution in [0.1, 0.15) is 40.1 Å². The van der Waals surface area contributed by atoms with Gasteiger partial charge in [0.2, 0.25) is 0 Å². The molecule has 3 rings (SSSR count). The summed E-state index contributed by atoms with van der Waals surface area (Å²) in [5, 5.41) is 13.8. The summed E-state index contributed by atoms with van der Waals surface area (Å²) in [6, 6.07) is 13.3. The minimum Gasteiger partial charge on any atom is -0.467 e. The molecule has 1 aromatic carbocycles. The van der Waals surface area contributed by atoms with Crippen molar-refractivity contribution in [2.75, 3.05) is 13.6 Å². The predicted octanol–water partition coefficient (Wildman–Crippen LogP) is 4.36. The minimum atomic E-state index is -0.129. The Bertz CT molecular complexity index is 927. The molecule has 2 aromatic heterocycles. The highest BCUT2D eigenvalue weighted by molar-refractivity contribution is 14.0. The van der Waals surface area contributed by atoms with Crippen molar-refractivity contribution in [3.8, 4) is 0 Å². The molecule has 1 atom stereocenters. The van der Waals surface area contributed by atoms with Crippen LogP contribution in [0.15, 0.2) is 68.9 Å². The first-order valence-electron chi connectivity index (χ1n) is 9.52. The average Bonchev–Trinajstić information content (AvgIpc) is 3.46. The van der Waals surface area contributed by atoms with E-state index in [1.54, 1.807) is 36.8 Å². The topological polar surface area (TPSA) is 78.7 Å². The van der Waals surface area contributed by atoms with Gasteiger partial charge in [0, 0.05) is 25.7 Å². The Morgan fingerprint density at radius 1 is 1.13 bits per heavy atom. The Kier molecular flexibility index (Phi) is 9.88. The molecule has 0 aliphatic rings. The molecule has 0 spiro atoms. The Hall–Kier alpha value is -2.33. The van der Waals surface area contributed by atoms with Crippen LogP contribution in [0.25, 0.3) is 0 Å². The Balaban J connectivity index is 0.00000320. The zero-order valence-corrected chi connectivity index (χ0v) is 20.2. The van der Waals surface area contributed by atoms with E-state index in [-0.39, 0.29) is 29.9 Å². The highest BCUT2D eigenvalue weighted by Gasteiger charge is 2.09. The fourth-order valence-corrected chi connectivity index (χ4v) is 3.62. The molecule has 6 nitrogen and oxygen atoms in total. The van der Waals surface area contributed by atoms with Crippen molar-refractivity contribution in [2.24, 2.45) is 4.99 Å². The van der Waals surface area contributed by atoms with E-state index < -0.39 is 0 Å². The number of carbonyl (C=O) groups excluding carboxylic acids is 1. The number of carbonyl (C=O) groups is 1. The van der Waals surface area contributed by atoms with E-state index in [2.05, 4.69) is 44.7 Å². The van der Waals surface area contributed by atoms with Gasteiger partial charge in [-0.05, 0) is 58.1 Å². The molecule has 3 aromatic rings. The van der Waals surface area contributed by atoms with Gasteiger partial charge in [0.15, 0.2) is 5.96 Å². The number of nitrogens with one attached hydrogen (secondary N) is 3. The van der Waals surface area contributed by atoms with Crippen LogP contribution in [-0.4, -0.2) is 25.5 Å². The van der Waals surface area contributed by atoms with Crippen LogP contribution in [0, 0.1) is 0 Å². The highest BCUT2D eigenvalue weighted by Crippen LogP contribution is 2.17. The Morgan fingerprint density at radius 2 is 2.00 bits per heavy atom. The van der Waals surface area contributed by atoms with Crippen LogP contribution in [0.3, 0.4) is 0 Å². The Labute approximate surface area is 198 Å². The minimum absolute atomic E-state index is 0. The molecule has 0 saturated carbocycles. The zero-order chi connectivity index (χ0) is 20.5. The van der Waals surface area contributed by atoms with Crippen LogP contribution in [-0.2, 0) is 13.1 Å². The maximum atomic E-state index is 12.4. The largest absolute Gasteiger partial charge is 0.467 e. The van der Waals surface area contributed by atoms with Gasteiger partial charge in [-0.25, -0.2) is 0 Å². The number of hydrogen-bond acceptors (Lipinski definition) is 4. The van der Waals surface area contributed by atoms with Crippen LogP contribution in [0.4, 0.5) is 0 Å². The molecule has 3 N–H and O–H groups in total. The van der Waals surface area contributed by atoms with Crippen LogP contribution in [0.2, 0.25) is 0 Å². The molecule has 0 aliphatic heterocycles. The number of guanidine groups is 1. The number of nitrogens with zero attached hydrogens (tertiary/aromatic N) is 1. The molecule has 30 heavy (non-hydrogen) atoms. The molecule has 0 saturated heterocycles. The number of thiophene rings is 1. The van der Waals surface area contributed by atoms with Crippen molar-refractivity contribution in [2.45, 2.75) is 25.9 Å². The second-order valence-corrected chi connectivity index (χ2v) is 7.51. The van der Waals surface area contributed by atoms with Gasteiger partial charge in [-0.1, -0.05) is 19.1 Å². The van der Waals surface area contributed by atoms with Gasteiger partial charge in [0.25, 0.3) is 5.91 Å². The van der Waals surface area contributed by atoms with Crippen LogP contribution >= 0.6 is 35.3 Å². The fourth-order valence-electron chi connectivity index (χ4n) is 2.83. The summed E-state index contributed by atoms with van der Waals surface area (Å²) in [7, 11) is 1.75. The standard InChI is InChI=1S/C22H26N4O2S.HI/c1-16(19-8-10-29-15-19)12-25-22(23-2)26-13-17-5-3-6-18(11-17)21(27)24-14-20-7-4-9-28-20;/h3-11,15-16H,12-14H2,1-2H3,(H,24,27)(H2,23,25,26);1H. The van der Waals surface area contributed by atoms with Crippen molar-refractivity contribution in [1.82, 2.24) is 16.0 Å². The maximum Gasteiger partial charge on any atom is 0.251 e. The summed E-state index contributed by atoms with van der Waals surface area (Å²) in [5.74, 6) is 1.74. The van der Waals surface area contributed by atoms with Gasteiger partial charge in [0.1, 0.15) is 5.76 Å². The zero-order valence-electron chi connectivity index (χ0n) is 17.1. The summed E-state index contributed by atoms with van der Waals surface area (Å²) < 4.78 is 5.24. The number of rotatable bonds is 8. The van der Waals surface area contributed by atoms with Gasteiger partial charge in [-0.15, -0.1) is 24.0 Å². The second kappa shape index (κ2) is 12.4. The molecule has 160 valence electrons. The summed E-state index contributed by atoms with van der Waals surface area (Å²) in [6.07, 6.45) is 1.59. The van der Waals surface area contributed by atoms with E-state index in [1.165, 1.54) is 5.56 Å². The lowest BCUT2D eigenvalue weighted by Gasteiger charge is -2.15. The number of hydrogen-bond donors (Lipinski definition) is 3. The van der Waals surface area contributed by atoms with E-state index >= 15 is 0 Å². The molecule has 0 bridgehead atoms. The molecule has 8 heteroatoms. The van der Waals surface area contributed by atoms with Crippen molar-refractivity contribution < 1.29 is 9.21 Å². The molecular formula is C22H27IN4O2S. The number of benzene rings is 1. The SMILES string of the molecule is CN=C(NCc1cccc(C(=O)NCc2ccco2)c1)NCC(C)c1ccsc1.I. The van der Waals surface area contributed by atoms with E-state index in [0.717, 1.165) is 23.8 Å². The van der Waals surface area contributed by atoms with Gasteiger partial charge in [-0.3, -0.25) is 9.79 Å². The van der Waals surface area contributed by atoms with E-state index in [4.69, 9.17) is 4.42 Å². The average molecular weight is 538 g/mol. The van der Waals surface area contributed by atoms with Crippen molar-refractivity contribution in [1.29, 1.82) is 0 Å². The Morgan fingerprint density at radius 3 is 2.70 bits per heavy atom. The fraction of sp³-hybridized carbons (Fsp3) is 0.273. The van der Waals surface area contributed by atoms with Gasteiger partial charge in [-0.2, -0.15) is 11.3 Å². The van der Waals surface area contributed by atoms with Crippen molar-refractivity contribution in [3.05, 3.63) is 81.9 Å². The highest BCUT2D eigenvalue weighted by atomic mass is 127. The number of amides is 1. The first-order valence-corrected chi connectivity index (χ1v) is 10.5. The first-order chi connectivity index (χ1) is 14.2. The normalized spacial score (nSPS) is 12.0. The lowest BCUT2D eigenvalue weighted by atomic mass is 10.1. The number of halogens is 1. The lowest BCUT2D eigenvalue weighted by molar-refractivity contribution is 0.0948. The third-order valence-electron chi connectivity index (χ3n) is 4.56. The van der Waals surface area contributed by atoms with Gasteiger partial charge < -0.3 is 20.4 Å². The van der Waals surface area contributed by atoms with Crippen molar-refractivity contribution >= 4 is 47.2 Å². The predicted molar refractivity (Wildman–Crippen MR) is 133 cm³/mol. The van der Waals surface area contributed by atoms with Crippen molar-refractivity contribution in [3.63, 3.8) is 0 Å². The van der Waals surface area contributed by atoms with E-state index in [0.29, 0.717) is 24.6 Å². The molecule has 2 heterocycles. The number of aliphatic imine (C=N–C) groups is 1. The van der Waals surface area contributed by atoms with Gasteiger partial charge in [0.05, 0.1) is 12.8 Å². The van der Waals surface area contributed by atoms with Crippen LogP contribution < -0.4 is 16.0 Å². The molecule has 1 unspecified atom stereocenters. The monoisotopic (exact) mass is 538 g/mol. The second-order valence-electron chi connectivity index (χ2n) is 6.73. The summed E-state index contributed by atoms with van der Waals surface area (Å²) >= 11 is 1.71. The summed E-state index contributed by atoms with van der Waals surface area (Å²) in [5.41, 5.74) is 2.94. The first kappa shape index (κ1) is 23.9.